The highest BCUT2D eigenvalue weighted by Gasteiger charge is 2.41. The second kappa shape index (κ2) is 6.86. The first-order valence-corrected chi connectivity index (χ1v) is 9.15. The Kier molecular flexibility index (Phi) is 4.42. The first-order chi connectivity index (χ1) is 12.2. The Morgan fingerprint density at radius 2 is 2.20 bits per heavy atom. The maximum Gasteiger partial charge on any atom is 0.222 e. The number of rotatable bonds is 4. The van der Waals surface area contributed by atoms with Crippen molar-refractivity contribution in [2.45, 2.75) is 32.1 Å². The Labute approximate surface area is 148 Å². The van der Waals surface area contributed by atoms with E-state index in [0.29, 0.717) is 12.3 Å². The molecular weight excluding hydrogens is 314 g/mol. The van der Waals surface area contributed by atoms with Gasteiger partial charge in [-0.1, -0.05) is 6.07 Å². The van der Waals surface area contributed by atoms with Crippen LogP contribution in [0.1, 0.15) is 31.4 Å². The zero-order valence-corrected chi connectivity index (χ0v) is 14.5. The van der Waals surface area contributed by atoms with Crippen molar-refractivity contribution < 1.29 is 4.79 Å². The van der Waals surface area contributed by atoms with Crippen molar-refractivity contribution >= 4 is 11.7 Å². The quantitative estimate of drug-likeness (QED) is 0.928. The number of pyridine rings is 1. The van der Waals surface area contributed by atoms with Crippen LogP contribution < -0.4 is 4.90 Å². The van der Waals surface area contributed by atoms with Crippen LogP contribution in [0, 0.1) is 5.41 Å². The van der Waals surface area contributed by atoms with E-state index in [1.165, 1.54) is 12.8 Å². The Bertz CT molecular complexity index is 702. The summed E-state index contributed by atoms with van der Waals surface area (Å²) >= 11 is 0. The van der Waals surface area contributed by atoms with Crippen molar-refractivity contribution in [1.29, 1.82) is 0 Å². The van der Waals surface area contributed by atoms with Gasteiger partial charge in [0, 0.05) is 62.5 Å². The van der Waals surface area contributed by atoms with Crippen LogP contribution in [0.3, 0.4) is 0 Å². The van der Waals surface area contributed by atoms with Crippen LogP contribution in [0.15, 0.2) is 36.9 Å². The zero-order chi connectivity index (χ0) is 17.1. The summed E-state index contributed by atoms with van der Waals surface area (Å²) in [5.74, 6) is 1.35. The Morgan fingerprint density at radius 3 is 3.00 bits per heavy atom. The van der Waals surface area contributed by atoms with E-state index in [0.717, 1.165) is 50.5 Å². The molecule has 0 aliphatic carbocycles. The fourth-order valence-electron chi connectivity index (χ4n) is 4.26. The van der Waals surface area contributed by atoms with E-state index in [-0.39, 0.29) is 5.41 Å². The largest absolute Gasteiger partial charge is 0.356 e. The van der Waals surface area contributed by atoms with Crippen LogP contribution in [-0.4, -0.2) is 51.9 Å². The van der Waals surface area contributed by atoms with Crippen molar-refractivity contribution in [2.24, 2.45) is 5.41 Å². The van der Waals surface area contributed by atoms with Gasteiger partial charge in [-0.05, 0) is 31.4 Å². The third-order valence-corrected chi connectivity index (χ3v) is 5.59. The Morgan fingerprint density at radius 1 is 1.24 bits per heavy atom. The lowest BCUT2D eigenvalue weighted by Crippen LogP contribution is -2.54. The molecule has 4 rings (SSSR count). The molecule has 2 saturated heterocycles. The van der Waals surface area contributed by atoms with Crippen molar-refractivity contribution in [1.82, 2.24) is 19.9 Å². The second-order valence-electron chi connectivity index (χ2n) is 7.36. The number of amides is 1. The van der Waals surface area contributed by atoms with Gasteiger partial charge in [0.05, 0.1) is 6.33 Å². The maximum absolute atomic E-state index is 12.4. The highest BCUT2D eigenvalue weighted by Crippen LogP contribution is 2.39. The second-order valence-corrected chi connectivity index (χ2v) is 7.36. The normalized spacial score (nSPS) is 24.1. The molecule has 2 aromatic rings. The van der Waals surface area contributed by atoms with E-state index in [9.17, 15) is 4.79 Å². The average molecular weight is 339 g/mol. The van der Waals surface area contributed by atoms with Crippen LogP contribution >= 0.6 is 0 Å². The summed E-state index contributed by atoms with van der Waals surface area (Å²) in [6.45, 7) is 3.69. The summed E-state index contributed by atoms with van der Waals surface area (Å²) in [6, 6.07) is 6.09. The third kappa shape index (κ3) is 3.52. The van der Waals surface area contributed by atoms with Crippen molar-refractivity contribution in [3.63, 3.8) is 0 Å². The minimum Gasteiger partial charge on any atom is -0.356 e. The lowest BCUT2D eigenvalue weighted by atomic mass is 9.73. The fourth-order valence-corrected chi connectivity index (χ4v) is 4.26. The molecule has 0 bridgehead atoms. The van der Waals surface area contributed by atoms with E-state index >= 15 is 0 Å². The molecule has 2 aromatic heterocycles. The van der Waals surface area contributed by atoms with Crippen molar-refractivity contribution in [3.8, 4) is 0 Å². The smallest absolute Gasteiger partial charge is 0.222 e. The van der Waals surface area contributed by atoms with Crippen LogP contribution in [-0.2, 0) is 11.2 Å². The molecule has 0 unspecified atom stereocenters. The molecule has 0 saturated carbocycles. The molecule has 2 aliphatic rings. The molecule has 1 spiro atoms. The number of nitrogens with one attached hydrogen (secondary N) is 1. The first kappa shape index (κ1) is 16.1. The van der Waals surface area contributed by atoms with Gasteiger partial charge in [-0.2, -0.15) is 0 Å². The third-order valence-electron chi connectivity index (χ3n) is 5.59. The van der Waals surface area contributed by atoms with E-state index in [4.69, 9.17) is 0 Å². The summed E-state index contributed by atoms with van der Waals surface area (Å²) in [5, 5.41) is 0. The number of piperidine rings is 2. The van der Waals surface area contributed by atoms with Crippen molar-refractivity contribution in [2.75, 3.05) is 31.1 Å². The molecule has 1 amide bonds. The molecule has 0 aromatic carbocycles. The number of H-pyrrole nitrogens is 1. The van der Waals surface area contributed by atoms with Gasteiger partial charge in [0.2, 0.25) is 5.91 Å². The van der Waals surface area contributed by atoms with E-state index < -0.39 is 0 Å². The van der Waals surface area contributed by atoms with Gasteiger partial charge in [0.25, 0.3) is 0 Å². The summed E-state index contributed by atoms with van der Waals surface area (Å²) in [6.07, 6.45) is 10.3. The summed E-state index contributed by atoms with van der Waals surface area (Å²) in [5.41, 5.74) is 1.30. The number of hydrogen-bond donors (Lipinski definition) is 1. The van der Waals surface area contributed by atoms with Crippen molar-refractivity contribution in [3.05, 3.63) is 42.6 Å². The number of aromatic amines is 1. The monoisotopic (exact) mass is 339 g/mol. The SMILES string of the molecule is O=C1CC[C@]2(CCCN(c3ccccn3)C2)CN1CCc1cnc[nH]1. The maximum atomic E-state index is 12.4. The van der Waals surface area contributed by atoms with Crippen LogP contribution in [0.4, 0.5) is 5.82 Å². The van der Waals surface area contributed by atoms with Gasteiger partial charge in [0.1, 0.15) is 5.82 Å². The minimum atomic E-state index is 0.206. The minimum absolute atomic E-state index is 0.206. The van der Waals surface area contributed by atoms with Gasteiger partial charge in [-0.3, -0.25) is 4.79 Å². The lowest BCUT2D eigenvalue weighted by Gasteiger charge is -2.48. The highest BCUT2D eigenvalue weighted by atomic mass is 16.2. The number of likely N-dealkylation sites (tertiary alicyclic amines) is 1. The molecule has 6 heteroatoms. The van der Waals surface area contributed by atoms with Gasteiger partial charge >= 0.3 is 0 Å². The van der Waals surface area contributed by atoms with Crippen LogP contribution in [0.5, 0.6) is 0 Å². The van der Waals surface area contributed by atoms with E-state index in [1.807, 2.05) is 24.5 Å². The molecule has 6 nitrogen and oxygen atoms in total. The molecule has 4 heterocycles. The molecule has 2 aliphatic heterocycles. The molecule has 25 heavy (non-hydrogen) atoms. The standard InChI is InChI=1S/C19H25N5O/c25-18-5-8-19(14-24(18)11-6-16-12-20-15-22-16)7-3-10-23(13-19)17-4-1-2-9-21-17/h1-2,4,9,12,15H,3,5-8,10-11,13-14H2,(H,20,22)/t19-/m0/s1. The molecular formula is C19H25N5O. The first-order valence-electron chi connectivity index (χ1n) is 9.15. The summed E-state index contributed by atoms with van der Waals surface area (Å²) in [7, 11) is 0. The number of carbonyl (C=O) groups excluding carboxylic acids is 1. The van der Waals surface area contributed by atoms with E-state index in [2.05, 4.69) is 30.8 Å². The van der Waals surface area contributed by atoms with Crippen LogP contribution in [0.2, 0.25) is 0 Å². The Hall–Kier alpha value is -2.37. The molecule has 132 valence electrons. The zero-order valence-electron chi connectivity index (χ0n) is 14.5. The summed E-state index contributed by atoms with van der Waals surface area (Å²) < 4.78 is 0. The number of anilines is 1. The molecule has 2 fully saturated rings. The fraction of sp³-hybridized carbons (Fsp3) is 0.526. The predicted molar refractivity (Wildman–Crippen MR) is 96.2 cm³/mol. The number of nitrogens with zero attached hydrogens (tertiary/aromatic N) is 4. The number of carbonyl (C=O) groups is 1. The van der Waals surface area contributed by atoms with Gasteiger partial charge < -0.3 is 14.8 Å². The molecule has 1 N–H and O–H groups in total. The Balaban J connectivity index is 1.44. The van der Waals surface area contributed by atoms with E-state index in [1.54, 1.807) is 6.33 Å². The number of aromatic nitrogens is 3. The van der Waals surface area contributed by atoms with Gasteiger partial charge in [-0.25, -0.2) is 9.97 Å². The highest BCUT2D eigenvalue weighted by molar-refractivity contribution is 5.77. The summed E-state index contributed by atoms with van der Waals surface area (Å²) in [4.78, 5) is 28.6. The topological polar surface area (TPSA) is 65.1 Å². The van der Waals surface area contributed by atoms with Gasteiger partial charge in [-0.15, -0.1) is 0 Å². The average Bonchev–Trinajstić information content (AvgIpc) is 3.17. The predicted octanol–water partition coefficient (Wildman–Crippen LogP) is 2.26. The molecule has 0 radical (unpaired) electrons. The van der Waals surface area contributed by atoms with Gasteiger partial charge in [0.15, 0.2) is 0 Å². The lowest BCUT2D eigenvalue weighted by molar-refractivity contribution is -0.137. The molecule has 1 atom stereocenters. The number of imidazole rings is 1. The number of hydrogen-bond acceptors (Lipinski definition) is 4. The van der Waals surface area contributed by atoms with Crippen LogP contribution in [0.25, 0.3) is 0 Å².